The fraction of sp³-hybridized carbons (Fsp3) is 0.364. The zero-order valence-electron chi connectivity index (χ0n) is 9.63. The van der Waals surface area contributed by atoms with E-state index < -0.39 is 4.92 Å². The second kappa shape index (κ2) is 6.55. The number of nitrogens with one attached hydrogen (secondary N) is 1. The molecule has 18 heavy (non-hydrogen) atoms. The van der Waals surface area contributed by atoms with Crippen LogP contribution in [0.1, 0.15) is 19.3 Å². The van der Waals surface area contributed by atoms with Crippen LogP contribution in [0, 0.1) is 10.1 Å². The first-order valence-electron chi connectivity index (χ1n) is 5.42. The molecule has 0 aliphatic heterocycles. The molecule has 1 aromatic rings. The van der Waals surface area contributed by atoms with Gasteiger partial charge in [-0.1, -0.05) is 0 Å². The van der Waals surface area contributed by atoms with E-state index in [4.69, 9.17) is 10.2 Å². The van der Waals surface area contributed by atoms with E-state index >= 15 is 0 Å². The van der Waals surface area contributed by atoms with Crippen LogP contribution < -0.4 is 5.32 Å². The van der Waals surface area contributed by atoms with E-state index in [1.54, 1.807) is 0 Å². The van der Waals surface area contributed by atoms with Gasteiger partial charge in [-0.2, -0.15) is 0 Å². The zero-order valence-corrected chi connectivity index (χ0v) is 9.63. The summed E-state index contributed by atoms with van der Waals surface area (Å²) in [5.41, 5.74) is -0.308. The number of anilines is 1. The molecular formula is C11H14N2O5. The van der Waals surface area contributed by atoms with Crippen LogP contribution in [0.4, 0.5) is 11.4 Å². The summed E-state index contributed by atoms with van der Waals surface area (Å²) in [6.45, 7) is 0.00658. The number of phenols is 1. The first-order valence-corrected chi connectivity index (χ1v) is 5.42. The van der Waals surface area contributed by atoms with Gasteiger partial charge in [0.2, 0.25) is 5.91 Å². The molecule has 0 aromatic heterocycles. The number of hydrogen-bond donors (Lipinski definition) is 3. The number of aliphatic hydroxyl groups is 1. The Hall–Kier alpha value is -2.15. The van der Waals surface area contributed by atoms with Crippen molar-refractivity contribution >= 4 is 17.3 Å². The molecular weight excluding hydrogens is 240 g/mol. The smallest absolute Gasteiger partial charge is 0.296 e. The van der Waals surface area contributed by atoms with E-state index in [0.717, 1.165) is 6.07 Å². The first kappa shape index (κ1) is 13.9. The summed E-state index contributed by atoms with van der Waals surface area (Å²) < 4.78 is 0. The van der Waals surface area contributed by atoms with E-state index in [1.165, 1.54) is 12.1 Å². The number of phenolic OH excluding ortho intramolecular Hbond substituents is 1. The number of benzene rings is 1. The first-order chi connectivity index (χ1) is 8.54. The van der Waals surface area contributed by atoms with Crippen molar-refractivity contribution in [3.05, 3.63) is 28.3 Å². The van der Waals surface area contributed by atoms with E-state index in [-0.39, 0.29) is 36.1 Å². The maximum absolute atomic E-state index is 11.5. The van der Waals surface area contributed by atoms with E-state index in [9.17, 15) is 14.9 Å². The van der Waals surface area contributed by atoms with E-state index in [0.29, 0.717) is 12.8 Å². The topological polar surface area (TPSA) is 113 Å². The third-order valence-electron chi connectivity index (χ3n) is 2.26. The summed E-state index contributed by atoms with van der Waals surface area (Å²) in [5, 5.41) is 30.8. The quantitative estimate of drug-likeness (QED) is 0.307. The lowest BCUT2D eigenvalue weighted by atomic mass is 10.2. The number of rotatable bonds is 6. The van der Waals surface area contributed by atoms with Gasteiger partial charge in [0.05, 0.1) is 11.0 Å². The SMILES string of the molecule is O=C(CCCCO)Nc1ccc(O)cc1[N+](=O)[O-]. The summed E-state index contributed by atoms with van der Waals surface area (Å²) in [7, 11) is 0. The van der Waals surface area contributed by atoms with Gasteiger partial charge in [0, 0.05) is 13.0 Å². The van der Waals surface area contributed by atoms with Crippen molar-refractivity contribution < 1.29 is 19.9 Å². The Morgan fingerprint density at radius 3 is 2.72 bits per heavy atom. The predicted octanol–water partition coefficient (Wildman–Crippen LogP) is 1.40. The van der Waals surface area contributed by atoms with Crippen molar-refractivity contribution in [2.24, 2.45) is 0 Å². The van der Waals surface area contributed by atoms with Gasteiger partial charge < -0.3 is 15.5 Å². The monoisotopic (exact) mass is 254 g/mol. The molecule has 0 radical (unpaired) electrons. The molecule has 0 unspecified atom stereocenters. The zero-order chi connectivity index (χ0) is 13.5. The molecule has 0 saturated heterocycles. The summed E-state index contributed by atoms with van der Waals surface area (Å²) in [4.78, 5) is 21.5. The largest absolute Gasteiger partial charge is 0.508 e. The number of amides is 1. The fourth-order valence-electron chi connectivity index (χ4n) is 1.39. The van der Waals surface area contributed by atoms with Crippen LogP contribution in [-0.2, 0) is 4.79 Å². The van der Waals surface area contributed by atoms with Gasteiger partial charge in [0.15, 0.2) is 0 Å². The van der Waals surface area contributed by atoms with Crippen LogP contribution in [0.5, 0.6) is 5.75 Å². The van der Waals surface area contributed by atoms with Gasteiger partial charge >= 0.3 is 0 Å². The second-order valence-corrected chi connectivity index (χ2v) is 3.69. The number of aliphatic hydroxyl groups excluding tert-OH is 1. The average Bonchev–Trinajstić information content (AvgIpc) is 2.31. The highest BCUT2D eigenvalue weighted by molar-refractivity contribution is 5.93. The van der Waals surface area contributed by atoms with E-state index in [1.807, 2.05) is 0 Å². The molecule has 0 spiro atoms. The Bertz CT molecular complexity index is 447. The molecule has 7 nitrogen and oxygen atoms in total. The predicted molar refractivity (Wildman–Crippen MR) is 64.3 cm³/mol. The Morgan fingerprint density at radius 2 is 2.11 bits per heavy atom. The van der Waals surface area contributed by atoms with Crippen LogP contribution >= 0.6 is 0 Å². The standard InChI is InChI=1S/C11H14N2O5/c14-6-2-1-3-11(16)12-9-5-4-8(15)7-10(9)13(17)18/h4-5,7,14-15H,1-3,6H2,(H,12,16). The number of nitro groups is 1. The Balaban J connectivity index is 2.72. The summed E-state index contributed by atoms with van der Waals surface area (Å²) >= 11 is 0. The van der Waals surface area contributed by atoms with Gasteiger partial charge in [-0.05, 0) is 25.0 Å². The van der Waals surface area contributed by atoms with Crippen molar-refractivity contribution in [3.8, 4) is 5.75 Å². The summed E-state index contributed by atoms with van der Waals surface area (Å²) in [5.74, 6) is -0.600. The van der Waals surface area contributed by atoms with Crippen molar-refractivity contribution in [2.45, 2.75) is 19.3 Å². The number of nitro benzene ring substituents is 1. The fourth-order valence-corrected chi connectivity index (χ4v) is 1.39. The van der Waals surface area contributed by atoms with Crippen molar-refractivity contribution in [1.29, 1.82) is 0 Å². The highest BCUT2D eigenvalue weighted by atomic mass is 16.6. The van der Waals surface area contributed by atoms with Crippen LogP contribution in [0.3, 0.4) is 0 Å². The number of nitrogens with zero attached hydrogens (tertiary/aromatic N) is 1. The van der Waals surface area contributed by atoms with Crippen molar-refractivity contribution in [3.63, 3.8) is 0 Å². The van der Waals surface area contributed by atoms with Gasteiger partial charge in [-0.25, -0.2) is 0 Å². The third kappa shape index (κ3) is 4.02. The molecule has 1 amide bonds. The molecule has 0 saturated carbocycles. The Morgan fingerprint density at radius 1 is 1.39 bits per heavy atom. The second-order valence-electron chi connectivity index (χ2n) is 3.69. The van der Waals surface area contributed by atoms with Crippen LogP contribution in [-0.4, -0.2) is 27.7 Å². The highest BCUT2D eigenvalue weighted by Gasteiger charge is 2.16. The lowest BCUT2D eigenvalue weighted by Crippen LogP contribution is -2.12. The molecule has 1 aromatic carbocycles. The maximum Gasteiger partial charge on any atom is 0.296 e. The number of carbonyl (C=O) groups is 1. The van der Waals surface area contributed by atoms with Gasteiger partial charge in [0.25, 0.3) is 5.69 Å². The Kier molecular flexibility index (Phi) is 5.06. The van der Waals surface area contributed by atoms with E-state index in [2.05, 4.69) is 5.32 Å². The molecule has 3 N–H and O–H groups in total. The number of hydrogen-bond acceptors (Lipinski definition) is 5. The molecule has 0 bridgehead atoms. The molecule has 1 rings (SSSR count). The minimum absolute atomic E-state index is 0.00658. The van der Waals surface area contributed by atoms with Gasteiger partial charge in [-0.15, -0.1) is 0 Å². The summed E-state index contributed by atoms with van der Waals surface area (Å²) in [6.07, 6.45) is 1.19. The lowest BCUT2D eigenvalue weighted by molar-refractivity contribution is -0.384. The minimum Gasteiger partial charge on any atom is -0.508 e. The molecule has 7 heteroatoms. The highest BCUT2D eigenvalue weighted by Crippen LogP contribution is 2.28. The van der Waals surface area contributed by atoms with Crippen LogP contribution in [0.25, 0.3) is 0 Å². The van der Waals surface area contributed by atoms with Crippen LogP contribution in [0.15, 0.2) is 18.2 Å². The number of aromatic hydroxyl groups is 1. The van der Waals surface area contributed by atoms with Crippen LogP contribution in [0.2, 0.25) is 0 Å². The van der Waals surface area contributed by atoms with Crippen molar-refractivity contribution in [1.82, 2.24) is 0 Å². The number of unbranched alkanes of at least 4 members (excludes halogenated alkanes) is 1. The third-order valence-corrected chi connectivity index (χ3v) is 2.26. The molecule has 0 atom stereocenters. The van der Waals surface area contributed by atoms with Gasteiger partial charge in [-0.3, -0.25) is 14.9 Å². The maximum atomic E-state index is 11.5. The summed E-state index contributed by atoms with van der Waals surface area (Å²) in [6, 6.07) is 3.51. The average molecular weight is 254 g/mol. The Labute approximate surface area is 103 Å². The molecule has 0 aliphatic carbocycles. The normalized spacial score (nSPS) is 10.1. The van der Waals surface area contributed by atoms with Gasteiger partial charge in [0.1, 0.15) is 11.4 Å². The molecule has 98 valence electrons. The molecule has 0 heterocycles. The number of carbonyl (C=O) groups excluding carboxylic acids is 1. The molecule has 0 fully saturated rings. The molecule has 0 aliphatic rings. The lowest BCUT2D eigenvalue weighted by Gasteiger charge is -2.06. The minimum atomic E-state index is -0.678. The van der Waals surface area contributed by atoms with Crippen molar-refractivity contribution in [2.75, 3.05) is 11.9 Å².